The highest BCUT2D eigenvalue weighted by Gasteiger charge is 2.25. The third kappa shape index (κ3) is 4.02. The third-order valence-electron chi connectivity index (χ3n) is 3.46. The van der Waals surface area contributed by atoms with E-state index in [0.717, 1.165) is 25.9 Å². The van der Waals surface area contributed by atoms with Crippen molar-refractivity contribution in [1.82, 2.24) is 5.32 Å². The minimum Gasteiger partial charge on any atom is -0.489 e. The van der Waals surface area contributed by atoms with Gasteiger partial charge in [-0.05, 0) is 43.1 Å². The number of halogens is 2. The van der Waals surface area contributed by atoms with Crippen molar-refractivity contribution in [3.8, 4) is 5.75 Å². The van der Waals surface area contributed by atoms with Gasteiger partial charge in [-0.1, -0.05) is 6.07 Å². The molecule has 0 aromatic heterocycles. The molecule has 0 amide bonds. The zero-order valence-corrected chi connectivity index (χ0v) is 13.8. The molecule has 1 saturated heterocycles. The Morgan fingerprint density at radius 1 is 1.24 bits per heavy atom. The molecule has 0 atom stereocenters. The van der Waals surface area contributed by atoms with E-state index in [2.05, 4.69) is 5.32 Å². The van der Waals surface area contributed by atoms with Gasteiger partial charge in [0, 0.05) is 11.8 Å². The van der Waals surface area contributed by atoms with E-state index in [1.165, 1.54) is 0 Å². The highest BCUT2D eigenvalue weighted by atomic mass is 35.5. The lowest BCUT2D eigenvalue weighted by Gasteiger charge is -2.25. The highest BCUT2D eigenvalue weighted by Crippen LogP contribution is 2.33. The summed E-state index contributed by atoms with van der Waals surface area (Å²) in [5, 5.41) is 8.57. The van der Waals surface area contributed by atoms with Crippen LogP contribution in [0.3, 0.4) is 0 Å². The maximum absolute atomic E-state index is 11.9. The number of hydrogen-bond donors (Lipinski definition) is 2. The predicted molar refractivity (Wildman–Crippen MR) is 83.4 cm³/mol. The number of piperidine rings is 1. The molecule has 3 N–H and O–H groups in total. The molecule has 1 fully saturated rings. The Bertz CT molecular complexity index is 602. The molecule has 5 nitrogen and oxygen atoms in total. The second-order valence-corrected chi connectivity index (χ2v) is 6.94. The largest absolute Gasteiger partial charge is 0.489 e. The van der Waals surface area contributed by atoms with Crippen LogP contribution in [0.25, 0.3) is 0 Å². The van der Waals surface area contributed by atoms with Gasteiger partial charge in [0.1, 0.15) is 16.7 Å². The van der Waals surface area contributed by atoms with Crippen molar-refractivity contribution in [2.75, 3.05) is 13.1 Å². The SMILES string of the molecule is NS(=O)(=O)c1c(OC2CCNCC2)ccc(CCl)c1CCl. The van der Waals surface area contributed by atoms with Crippen LogP contribution in [0.15, 0.2) is 17.0 Å². The van der Waals surface area contributed by atoms with Crippen molar-refractivity contribution in [2.24, 2.45) is 5.14 Å². The Morgan fingerprint density at radius 3 is 2.43 bits per heavy atom. The molecule has 0 bridgehead atoms. The minimum absolute atomic E-state index is 0.0111. The Labute approximate surface area is 134 Å². The monoisotopic (exact) mass is 352 g/mol. The summed E-state index contributed by atoms with van der Waals surface area (Å²) < 4.78 is 29.7. The third-order valence-corrected chi connectivity index (χ3v) is 5.04. The molecule has 1 aliphatic rings. The molecule has 118 valence electrons. The fourth-order valence-corrected chi connectivity index (χ4v) is 3.99. The molecule has 1 aromatic rings. The van der Waals surface area contributed by atoms with Crippen molar-refractivity contribution in [2.45, 2.75) is 35.6 Å². The van der Waals surface area contributed by atoms with Gasteiger partial charge in [-0.25, -0.2) is 13.6 Å². The molecule has 1 heterocycles. The van der Waals surface area contributed by atoms with E-state index in [1.807, 2.05) is 0 Å². The van der Waals surface area contributed by atoms with Crippen LogP contribution in [-0.4, -0.2) is 27.6 Å². The molecule has 2 rings (SSSR count). The van der Waals surface area contributed by atoms with Gasteiger partial charge < -0.3 is 10.1 Å². The summed E-state index contributed by atoms with van der Waals surface area (Å²) >= 11 is 11.7. The summed E-state index contributed by atoms with van der Waals surface area (Å²) in [6.45, 7) is 1.69. The molecular formula is C13H18Cl2N2O3S. The van der Waals surface area contributed by atoms with E-state index in [4.69, 9.17) is 33.1 Å². The van der Waals surface area contributed by atoms with Gasteiger partial charge >= 0.3 is 0 Å². The molecule has 0 radical (unpaired) electrons. The van der Waals surface area contributed by atoms with Gasteiger partial charge in [0.05, 0.1) is 0 Å². The fourth-order valence-electron chi connectivity index (χ4n) is 2.42. The maximum Gasteiger partial charge on any atom is 0.242 e. The molecule has 8 heteroatoms. The van der Waals surface area contributed by atoms with Gasteiger partial charge in [-0.2, -0.15) is 0 Å². The number of primary sulfonamides is 1. The highest BCUT2D eigenvalue weighted by molar-refractivity contribution is 7.89. The summed E-state index contributed by atoms with van der Waals surface area (Å²) in [6, 6.07) is 3.34. The molecule has 21 heavy (non-hydrogen) atoms. The van der Waals surface area contributed by atoms with Gasteiger partial charge in [-0.15, -0.1) is 23.2 Å². The maximum atomic E-state index is 11.9. The molecule has 0 spiro atoms. The van der Waals surface area contributed by atoms with Crippen molar-refractivity contribution in [1.29, 1.82) is 0 Å². The Kier molecular flexibility index (Phi) is 5.73. The molecule has 0 aliphatic carbocycles. The number of nitrogens with two attached hydrogens (primary N) is 1. The number of hydrogen-bond acceptors (Lipinski definition) is 4. The summed E-state index contributed by atoms with van der Waals surface area (Å²) in [7, 11) is -3.94. The summed E-state index contributed by atoms with van der Waals surface area (Å²) in [5.74, 6) is 0.434. The molecule has 1 aliphatic heterocycles. The van der Waals surface area contributed by atoms with Crippen LogP contribution in [0.2, 0.25) is 0 Å². The lowest BCUT2D eigenvalue weighted by molar-refractivity contribution is 0.158. The number of alkyl halides is 2. The smallest absolute Gasteiger partial charge is 0.242 e. The average molecular weight is 353 g/mol. The molecular weight excluding hydrogens is 335 g/mol. The van der Waals surface area contributed by atoms with Gasteiger partial charge in [0.15, 0.2) is 0 Å². The van der Waals surface area contributed by atoms with E-state index in [0.29, 0.717) is 11.1 Å². The van der Waals surface area contributed by atoms with Gasteiger partial charge in [0.2, 0.25) is 10.0 Å². The average Bonchev–Trinajstić information content (AvgIpc) is 2.46. The second-order valence-electron chi connectivity index (χ2n) is 4.91. The normalized spacial score (nSPS) is 16.9. The number of sulfonamides is 1. The van der Waals surface area contributed by atoms with Gasteiger partial charge in [-0.3, -0.25) is 0 Å². The summed E-state index contributed by atoms with van der Waals surface area (Å²) in [5.41, 5.74) is 1.06. The van der Waals surface area contributed by atoms with Crippen molar-refractivity contribution < 1.29 is 13.2 Å². The van der Waals surface area contributed by atoms with Crippen LogP contribution in [0, 0.1) is 0 Å². The zero-order valence-electron chi connectivity index (χ0n) is 11.4. The molecule has 1 aromatic carbocycles. The Hall–Kier alpha value is -0.530. The van der Waals surface area contributed by atoms with Crippen molar-refractivity contribution in [3.63, 3.8) is 0 Å². The minimum atomic E-state index is -3.94. The Morgan fingerprint density at radius 2 is 1.90 bits per heavy atom. The van der Waals surface area contributed by atoms with E-state index in [-0.39, 0.29) is 28.5 Å². The number of benzene rings is 1. The lowest BCUT2D eigenvalue weighted by atomic mass is 10.1. The number of rotatable bonds is 5. The first-order valence-electron chi connectivity index (χ1n) is 6.64. The first-order valence-corrected chi connectivity index (χ1v) is 9.25. The van der Waals surface area contributed by atoms with Crippen LogP contribution in [0.1, 0.15) is 24.0 Å². The first-order chi connectivity index (χ1) is 9.97. The van der Waals surface area contributed by atoms with Crippen LogP contribution in [0.5, 0.6) is 5.75 Å². The summed E-state index contributed by atoms with van der Waals surface area (Å²) in [6.07, 6.45) is 1.60. The van der Waals surface area contributed by atoms with E-state index in [1.54, 1.807) is 12.1 Å². The fraction of sp³-hybridized carbons (Fsp3) is 0.538. The van der Waals surface area contributed by atoms with Gasteiger partial charge in [0.25, 0.3) is 0 Å². The number of ether oxygens (including phenoxy) is 1. The molecule has 0 saturated carbocycles. The molecule has 0 unspecified atom stereocenters. The zero-order chi connectivity index (χ0) is 15.5. The standard InChI is InChI=1S/C13H18Cl2N2O3S/c14-7-9-1-2-12(20-10-3-5-17-6-4-10)13(11(9)8-15)21(16,18)19/h1-2,10,17H,3-8H2,(H2,16,18,19). The Balaban J connectivity index is 2.44. The predicted octanol–water partition coefficient (Wildman–Crippen LogP) is 1.94. The van der Waals surface area contributed by atoms with E-state index >= 15 is 0 Å². The quantitative estimate of drug-likeness (QED) is 0.793. The van der Waals surface area contributed by atoms with Crippen molar-refractivity contribution in [3.05, 3.63) is 23.3 Å². The van der Waals surface area contributed by atoms with Crippen LogP contribution >= 0.6 is 23.2 Å². The van der Waals surface area contributed by atoms with E-state index < -0.39 is 10.0 Å². The first kappa shape index (κ1) is 16.8. The second kappa shape index (κ2) is 7.15. The summed E-state index contributed by atoms with van der Waals surface area (Å²) in [4.78, 5) is -0.0471. The van der Waals surface area contributed by atoms with Crippen LogP contribution < -0.4 is 15.2 Å². The lowest BCUT2D eigenvalue weighted by Crippen LogP contribution is -2.34. The van der Waals surface area contributed by atoms with E-state index in [9.17, 15) is 8.42 Å². The number of nitrogens with one attached hydrogen (secondary N) is 1. The van der Waals surface area contributed by atoms with Crippen LogP contribution in [0.4, 0.5) is 0 Å². The van der Waals surface area contributed by atoms with Crippen molar-refractivity contribution >= 4 is 33.2 Å². The van der Waals surface area contributed by atoms with Crippen LogP contribution in [-0.2, 0) is 21.8 Å². The topological polar surface area (TPSA) is 81.4 Å².